The van der Waals surface area contributed by atoms with Crippen molar-refractivity contribution in [2.45, 2.75) is 20.8 Å². The molecular formula is C23H31N7S. The minimum Gasteiger partial charge on any atom is -0.361 e. The van der Waals surface area contributed by atoms with E-state index < -0.39 is 0 Å². The molecule has 1 saturated heterocycles. The van der Waals surface area contributed by atoms with Crippen LogP contribution in [0.4, 0.5) is 5.95 Å². The highest BCUT2D eigenvalue weighted by Gasteiger charge is 2.20. The molecule has 0 atom stereocenters. The van der Waals surface area contributed by atoms with Crippen molar-refractivity contribution in [2.24, 2.45) is 4.99 Å². The number of piperazine rings is 1. The predicted molar refractivity (Wildman–Crippen MR) is 132 cm³/mol. The van der Waals surface area contributed by atoms with Gasteiger partial charge in [0.25, 0.3) is 0 Å². The van der Waals surface area contributed by atoms with Crippen LogP contribution >= 0.6 is 12.2 Å². The van der Waals surface area contributed by atoms with Gasteiger partial charge in [-0.1, -0.05) is 42.5 Å². The summed E-state index contributed by atoms with van der Waals surface area (Å²) in [5.41, 5.74) is 3.06. The first-order chi connectivity index (χ1) is 15.0. The van der Waals surface area contributed by atoms with Crippen LogP contribution in [0.15, 0.2) is 47.5 Å². The van der Waals surface area contributed by atoms with E-state index in [0.717, 1.165) is 50.7 Å². The zero-order valence-corrected chi connectivity index (χ0v) is 19.3. The van der Waals surface area contributed by atoms with Crippen LogP contribution in [0.25, 0.3) is 6.08 Å². The fourth-order valence-electron chi connectivity index (χ4n) is 3.39. The van der Waals surface area contributed by atoms with Gasteiger partial charge in [0.1, 0.15) is 0 Å². The molecule has 0 radical (unpaired) electrons. The monoisotopic (exact) mass is 437 g/mol. The fraction of sp³-hybridized carbons (Fsp3) is 0.391. The summed E-state index contributed by atoms with van der Waals surface area (Å²) in [6, 6.07) is 12.3. The third-order valence-corrected chi connectivity index (χ3v) is 5.12. The topological polar surface area (TPSA) is 68.7 Å². The van der Waals surface area contributed by atoms with E-state index in [1.165, 1.54) is 5.56 Å². The van der Waals surface area contributed by atoms with Crippen LogP contribution in [0.3, 0.4) is 0 Å². The summed E-state index contributed by atoms with van der Waals surface area (Å²) in [6.45, 7) is 11.2. The van der Waals surface area contributed by atoms with E-state index in [9.17, 15) is 0 Å². The molecule has 1 fully saturated rings. The van der Waals surface area contributed by atoms with Gasteiger partial charge in [0, 0.05) is 50.7 Å². The number of thiocarbonyl (C=S) groups is 1. The Hall–Kier alpha value is -2.84. The van der Waals surface area contributed by atoms with Crippen molar-refractivity contribution < 1.29 is 0 Å². The fourth-order valence-corrected chi connectivity index (χ4v) is 3.62. The summed E-state index contributed by atoms with van der Waals surface area (Å²) in [5, 5.41) is 6.85. The standard InChI is InChI=1S/C23H31N7S/c1-4-24-23(31)28-22(27-21-25-18(2)17-19(3)26-21)30-15-13-29(14-16-30)12-8-11-20-9-6-5-7-10-20/h5-11,17H,4,12-16H2,1-3H3,(H2,24,25,26,27,28,31)/b11-8+. The van der Waals surface area contributed by atoms with Crippen LogP contribution < -0.4 is 10.6 Å². The van der Waals surface area contributed by atoms with Crippen molar-refractivity contribution in [3.8, 4) is 0 Å². The van der Waals surface area contributed by atoms with Crippen LogP contribution in [-0.4, -0.2) is 70.1 Å². The maximum atomic E-state index is 5.37. The molecule has 7 nitrogen and oxygen atoms in total. The normalized spacial score (nSPS) is 15.3. The summed E-state index contributed by atoms with van der Waals surface area (Å²) < 4.78 is 0. The van der Waals surface area contributed by atoms with Gasteiger partial charge in [-0.15, -0.1) is 0 Å². The lowest BCUT2D eigenvalue weighted by Gasteiger charge is -2.35. The van der Waals surface area contributed by atoms with Crippen molar-refractivity contribution in [1.29, 1.82) is 0 Å². The highest BCUT2D eigenvalue weighted by atomic mass is 32.1. The molecule has 164 valence electrons. The lowest BCUT2D eigenvalue weighted by molar-refractivity contribution is 0.198. The highest BCUT2D eigenvalue weighted by Crippen LogP contribution is 2.09. The van der Waals surface area contributed by atoms with Crippen LogP contribution in [0.2, 0.25) is 0 Å². The van der Waals surface area contributed by atoms with E-state index in [1.54, 1.807) is 0 Å². The van der Waals surface area contributed by atoms with Crippen molar-refractivity contribution in [1.82, 2.24) is 25.1 Å². The molecule has 1 aromatic heterocycles. The molecule has 2 aromatic rings. The van der Waals surface area contributed by atoms with Gasteiger partial charge in [-0.05, 0) is 44.6 Å². The van der Waals surface area contributed by atoms with Gasteiger partial charge in [0.15, 0.2) is 5.11 Å². The third-order valence-electron chi connectivity index (χ3n) is 4.89. The van der Waals surface area contributed by atoms with Gasteiger partial charge < -0.3 is 10.2 Å². The van der Waals surface area contributed by atoms with E-state index in [-0.39, 0.29) is 0 Å². The molecule has 0 bridgehead atoms. The Kier molecular flexibility index (Phi) is 8.49. The van der Waals surface area contributed by atoms with Crippen molar-refractivity contribution in [3.63, 3.8) is 0 Å². The molecule has 0 aliphatic carbocycles. The molecule has 8 heteroatoms. The van der Waals surface area contributed by atoms with Gasteiger partial charge in [-0.25, -0.2) is 9.97 Å². The Morgan fingerprint density at radius 2 is 1.77 bits per heavy atom. The number of nitrogens with zero attached hydrogens (tertiary/aromatic N) is 5. The summed E-state index contributed by atoms with van der Waals surface area (Å²) in [7, 11) is 0. The van der Waals surface area contributed by atoms with Gasteiger partial charge in [0.05, 0.1) is 0 Å². The Balaban J connectivity index is 1.62. The number of hydrogen-bond donors (Lipinski definition) is 2. The molecule has 3 rings (SSSR count). The van der Waals surface area contributed by atoms with E-state index in [4.69, 9.17) is 12.2 Å². The maximum Gasteiger partial charge on any atom is 0.229 e. The lowest BCUT2D eigenvalue weighted by Crippen LogP contribution is -2.51. The minimum absolute atomic E-state index is 0.461. The summed E-state index contributed by atoms with van der Waals surface area (Å²) >= 11 is 5.37. The Labute approximate surface area is 190 Å². The minimum atomic E-state index is 0.461. The number of aryl methyl sites for hydroxylation is 2. The Morgan fingerprint density at radius 1 is 1.10 bits per heavy atom. The van der Waals surface area contributed by atoms with Crippen molar-refractivity contribution in [2.75, 3.05) is 44.6 Å². The van der Waals surface area contributed by atoms with Crippen LogP contribution in [0, 0.1) is 13.8 Å². The number of benzene rings is 1. The summed E-state index contributed by atoms with van der Waals surface area (Å²) in [5.74, 6) is 1.24. The number of hydrogen-bond acceptors (Lipinski definition) is 4. The average molecular weight is 438 g/mol. The largest absolute Gasteiger partial charge is 0.361 e. The SMILES string of the molecule is CCNC(=S)/N=C(/Nc1nc(C)cc(C)n1)N1CCN(C/C=C/c2ccccc2)CC1. The Bertz CT molecular complexity index is 899. The molecular weight excluding hydrogens is 406 g/mol. The van der Waals surface area contributed by atoms with E-state index in [0.29, 0.717) is 17.0 Å². The average Bonchev–Trinajstić information content (AvgIpc) is 2.74. The number of nitrogens with one attached hydrogen (secondary N) is 2. The van der Waals surface area contributed by atoms with Gasteiger partial charge in [-0.2, -0.15) is 4.99 Å². The lowest BCUT2D eigenvalue weighted by atomic mass is 10.2. The third kappa shape index (κ3) is 7.41. The Morgan fingerprint density at radius 3 is 2.42 bits per heavy atom. The molecule has 0 unspecified atom stereocenters. The first-order valence-corrected chi connectivity index (χ1v) is 11.1. The first kappa shape index (κ1) is 22.8. The molecule has 1 aliphatic rings. The van der Waals surface area contributed by atoms with Crippen LogP contribution in [0.1, 0.15) is 23.9 Å². The molecule has 31 heavy (non-hydrogen) atoms. The maximum absolute atomic E-state index is 5.37. The number of aliphatic imine (C=N–C) groups is 1. The second kappa shape index (κ2) is 11.5. The quantitative estimate of drug-likeness (QED) is 0.423. The van der Waals surface area contributed by atoms with Crippen LogP contribution in [0.5, 0.6) is 0 Å². The zero-order chi connectivity index (χ0) is 22.1. The zero-order valence-electron chi connectivity index (χ0n) is 18.5. The number of aromatic nitrogens is 2. The highest BCUT2D eigenvalue weighted by molar-refractivity contribution is 7.80. The molecule has 0 amide bonds. The van der Waals surface area contributed by atoms with Gasteiger partial charge in [0.2, 0.25) is 11.9 Å². The smallest absolute Gasteiger partial charge is 0.229 e. The van der Waals surface area contributed by atoms with E-state index in [2.05, 4.69) is 71.8 Å². The second-order valence-corrected chi connectivity index (χ2v) is 7.86. The number of anilines is 1. The molecule has 1 aliphatic heterocycles. The van der Waals surface area contributed by atoms with E-state index >= 15 is 0 Å². The van der Waals surface area contributed by atoms with Crippen LogP contribution in [-0.2, 0) is 0 Å². The van der Waals surface area contributed by atoms with E-state index in [1.807, 2.05) is 32.9 Å². The molecule has 1 aromatic carbocycles. The molecule has 2 heterocycles. The summed E-state index contributed by atoms with van der Waals surface area (Å²) in [6.07, 6.45) is 4.40. The molecule has 0 saturated carbocycles. The predicted octanol–water partition coefficient (Wildman–Crippen LogP) is 3.09. The molecule has 0 spiro atoms. The van der Waals surface area contributed by atoms with Crippen molar-refractivity contribution in [3.05, 3.63) is 59.4 Å². The van der Waals surface area contributed by atoms with Gasteiger partial charge >= 0.3 is 0 Å². The van der Waals surface area contributed by atoms with Gasteiger partial charge in [-0.3, -0.25) is 10.2 Å². The number of rotatable bonds is 5. The molecule has 2 N–H and O–H groups in total. The first-order valence-electron chi connectivity index (χ1n) is 10.7. The number of guanidine groups is 1. The second-order valence-electron chi connectivity index (χ2n) is 7.47. The summed E-state index contributed by atoms with van der Waals surface area (Å²) in [4.78, 5) is 18.2. The van der Waals surface area contributed by atoms with Crippen molar-refractivity contribution >= 4 is 35.3 Å².